The molecular formula is C19H20N2O2. The van der Waals surface area contributed by atoms with Gasteiger partial charge in [0.2, 0.25) is 0 Å². The highest BCUT2D eigenvalue weighted by molar-refractivity contribution is 5.97. The summed E-state index contributed by atoms with van der Waals surface area (Å²) in [5.41, 5.74) is 3.14. The van der Waals surface area contributed by atoms with Gasteiger partial charge in [0, 0.05) is 28.9 Å². The molecule has 0 fully saturated rings. The van der Waals surface area contributed by atoms with E-state index in [4.69, 9.17) is 4.74 Å². The Hall–Kier alpha value is -2.62. The minimum absolute atomic E-state index is 0.259. The molecule has 0 aliphatic rings. The topological polar surface area (TPSA) is 55.0 Å². The first kappa shape index (κ1) is 15.3. The van der Waals surface area contributed by atoms with E-state index in [-0.39, 0.29) is 5.97 Å². The maximum atomic E-state index is 12.4. The summed E-state index contributed by atoms with van der Waals surface area (Å²) >= 11 is 0. The van der Waals surface area contributed by atoms with Gasteiger partial charge in [-0.15, -0.1) is 0 Å². The first-order valence-corrected chi connectivity index (χ1v) is 7.61. The summed E-state index contributed by atoms with van der Waals surface area (Å²) in [7, 11) is 0. The largest absolute Gasteiger partial charge is 0.423 e. The number of aryl methyl sites for hydroxylation is 1. The number of aromatic amines is 1. The second-order valence-electron chi connectivity index (χ2n) is 6.76. The predicted octanol–water partition coefficient (Wildman–Crippen LogP) is 4.49. The van der Waals surface area contributed by atoms with E-state index < -0.39 is 5.41 Å². The normalized spacial score (nSPS) is 11.7. The fourth-order valence-corrected chi connectivity index (χ4v) is 2.35. The lowest BCUT2D eigenvalue weighted by Crippen LogP contribution is -2.25. The Labute approximate surface area is 135 Å². The van der Waals surface area contributed by atoms with E-state index in [1.807, 2.05) is 58.0 Å². The Kier molecular flexibility index (Phi) is 3.68. The molecule has 0 bridgehead atoms. The molecule has 3 rings (SSSR count). The van der Waals surface area contributed by atoms with Gasteiger partial charge in [0.05, 0.1) is 11.1 Å². The third kappa shape index (κ3) is 2.97. The lowest BCUT2D eigenvalue weighted by molar-refractivity contribution is -0.142. The average molecular weight is 308 g/mol. The van der Waals surface area contributed by atoms with Crippen LogP contribution in [0.1, 0.15) is 26.3 Å². The predicted molar refractivity (Wildman–Crippen MR) is 91.4 cm³/mol. The van der Waals surface area contributed by atoms with Crippen molar-refractivity contribution < 1.29 is 9.53 Å². The summed E-state index contributed by atoms with van der Waals surface area (Å²) in [6.07, 6.45) is 3.48. The Bertz CT molecular complexity index is 858. The zero-order chi connectivity index (χ0) is 16.6. The van der Waals surface area contributed by atoms with Crippen LogP contribution in [-0.2, 0) is 4.79 Å². The molecule has 23 heavy (non-hydrogen) atoms. The molecule has 0 atom stereocenters. The third-order valence-corrected chi connectivity index (χ3v) is 3.66. The monoisotopic (exact) mass is 308 g/mol. The highest BCUT2D eigenvalue weighted by Gasteiger charge is 2.26. The molecule has 2 aromatic heterocycles. The molecule has 0 aliphatic carbocycles. The van der Waals surface area contributed by atoms with Crippen molar-refractivity contribution in [1.29, 1.82) is 0 Å². The first-order valence-electron chi connectivity index (χ1n) is 7.61. The molecule has 4 nitrogen and oxygen atoms in total. The number of carbonyl (C=O) groups excluding carboxylic acids is 1. The number of carbonyl (C=O) groups is 1. The van der Waals surface area contributed by atoms with Crippen LogP contribution in [0.5, 0.6) is 5.75 Å². The lowest BCUT2D eigenvalue weighted by atomic mass is 9.97. The smallest absolute Gasteiger partial charge is 0.316 e. The van der Waals surface area contributed by atoms with Crippen molar-refractivity contribution in [3.8, 4) is 17.0 Å². The highest BCUT2D eigenvalue weighted by Crippen LogP contribution is 2.38. The Morgan fingerprint density at radius 2 is 2.00 bits per heavy atom. The molecule has 1 N–H and O–H groups in total. The van der Waals surface area contributed by atoms with Crippen LogP contribution in [0.4, 0.5) is 0 Å². The number of hydrogen-bond donors (Lipinski definition) is 1. The van der Waals surface area contributed by atoms with Crippen molar-refractivity contribution in [3.05, 3.63) is 48.3 Å². The number of nitrogens with one attached hydrogen (secondary N) is 1. The maximum absolute atomic E-state index is 12.4. The number of pyridine rings is 1. The number of nitrogens with zero attached hydrogens (tertiary/aromatic N) is 1. The van der Waals surface area contributed by atoms with E-state index >= 15 is 0 Å². The molecule has 0 amide bonds. The van der Waals surface area contributed by atoms with Crippen LogP contribution in [0.15, 0.2) is 42.7 Å². The summed E-state index contributed by atoms with van der Waals surface area (Å²) in [4.78, 5) is 19.9. The van der Waals surface area contributed by atoms with Gasteiger partial charge in [0.1, 0.15) is 0 Å². The highest BCUT2D eigenvalue weighted by atomic mass is 16.5. The van der Waals surface area contributed by atoms with Crippen LogP contribution >= 0.6 is 0 Å². The second kappa shape index (κ2) is 5.54. The molecular weight excluding hydrogens is 288 g/mol. The number of benzene rings is 1. The van der Waals surface area contributed by atoms with Gasteiger partial charge >= 0.3 is 5.97 Å². The van der Waals surface area contributed by atoms with E-state index in [0.717, 1.165) is 27.7 Å². The molecule has 0 spiro atoms. The first-order chi connectivity index (χ1) is 10.9. The van der Waals surface area contributed by atoms with Gasteiger partial charge in [-0.1, -0.05) is 11.6 Å². The molecule has 0 saturated carbocycles. The van der Waals surface area contributed by atoms with Crippen LogP contribution in [-0.4, -0.2) is 15.9 Å². The van der Waals surface area contributed by atoms with E-state index in [9.17, 15) is 4.79 Å². The van der Waals surface area contributed by atoms with Crippen molar-refractivity contribution in [1.82, 2.24) is 9.97 Å². The summed E-state index contributed by atoms with van der Waals surface area (Å²) in [5, 5.41) is 0.904. The van der Waals surface area contributed by atoms with E-state index in [0.29, 0.717) is 5.75 Å². The number of rotatable bonds is 2. The molecule has 3 aromatic rings. The molecule has 1 aromatic carbocycles. The molecule has 0 saturated heterocycles. The van der Waals surface area contributed by atoms with Gasteiger partial charge in [-0.05, 0) is 52.0 Å². The van der Waals surface area contributed by atoms with Crippen molar-refractivity contribution >= 4 is 16.9 Å². The van der Waals surface area contributed by atoms with E-state index in [1.54, 1.807) is 12.4 Å². The number of hydrogen-bond acceptors (Lipinski definition) is 3. The summed E-state index contributed by atoms with van der Waals surface area (Å²) in [6, 6.07) is 9.86. The van der Waals surface area contributed by atoms with Crippen molar-refractivity contribution in [2.24, 2.45) is 5.41 Å². The summed E-state index contributed by atoms with van der Waals surface area (Å²) < 4.78 is 5.77. The minimum Gasteiger partial charge on any atom is -0.423 e. The van der Waals surface area contributed by atoms with Crippen LogP contribution in [0, 0.1) is 12.3 Å². The number of esters is 1. The quantitative estimate of drug-likeness (QED) is 0.710. The molecule has 4 heteroatoms. The van der Waals surface area contributed by atoms with Crippen LogP contribution in [0.3, 0.4) is 0 Å². The van der Waals surface area contributed by atoms with Gasteiger partial charge in [-0.3, -0.25) is 9.78 Å². The summed E-state index contributed by atoms with van der Waals surface area (Å²) in [6.45, 7) is 7.56. The van der Waals surface area contributed by atoms with Crippen molar-refractivity contribution in [2.75, 3.05) is 0 Å². The standard InChI is InChI=1S/C19H20N2O2/c1-12-7-8-15-14(10-12)17(23-18(22)19(2,3)4)16(21-15)13-6-5-9-20-11-13/h5-11,21H,1-4H3. The van der Waals surface area contributed by atoms with E-state index in [1.165, 1.54) is 0 Å². The fraction of sp³-hybridized carbons (Fsp3) is 0.263. The number of ether oxygens (including phenoxy) is 1. The van der Waals surface area contributed by atoms with Gasteiger partial charge in [0.25, 0.3) is 0 Å². The average Bonchev–Trinajstić information content (AvgIpc) is 2.85. The fourth-order valence-electron chi connectivity index (χ4n) is 2.35. The van der Waals surface area contributed by atoms with Crippen LogP contribution < -0.4 is 4.74 Å². The van der Waals surface area contributed by atoms with Crippen molar-refractivity contribution in [3.63, 3.8) is 0 Å². The SMILES string of the molecule is Cc1ccc2[nH]c(-c3cccnc3)c(OC(=O)C(C)(C)C)c2c1. The Morgan fingerprint density at radius 1 is 1.22 bits per heavy atom. The van der Waals surface area contributed by atoms with Crippen molar-refractivity contribution in [2.45, 2.75) is 27.7 Å². The van der Waals surface area contributed by atoms with Gasteiger partial charge in [-0.25, -0.2) is 0 Å². The number of aromatic nitrogens is 2. The number of fused-ring (bicyclic) bond motifs is 1. The summed E-state index contributed by atoms with van der Waals surface area (Å²) in [5.74, 6) is 0.307. The van der Waals surface area contributed by atoms with Gasteiger partial charge in [0.15, 0.2) is 5.75 Å². The third-order valence-electron chi connectivity index (χ3n) is 3.66. The lowest BCUT2D eigenvalue weighted by Gasteiger charge is -2.17. The second-order valence-corrected chi connectivity index (χ2v) is 6.76. The zero-order valence-corrected chi connectivity index (χ0v) is 13.8. The molecule has 118 valence electrons. The Balaban J connectivity index is 2.19. The van der Waals surface area contributed by atoms with Crippen LogP contribution in [0.25, 0.3) is 22.2 Å². The molecule has 0 radical (unpaired) electrons. The molecule has 2 heterocycles. The maximum Gasteiger partial charge on any atom is 0.316 e. The molecule has 0 aliphatic heterocycles. The van der Waals surface area contributed by atoms with Crippen LogP contribution in [0.2, 0.25) is 0 Å². The molecule has 0 unspecified atom stereocenters. The number of H-pyrrole nitrogens is 1. The van der Waals surface area contributed by atoms with E-state index in [2.05, 4.69) is 9.97 Å². The van der Waals surface area contributed by atoms with Gasteiger partial charge < -0.3 is 9.72 Å². The minimum atomic E-state index is -0.570. The van der Waals surface area contributed by atoms with Gasteiger partial charge in [-0.2, -0.15) is 0 Å². The zero-order valence-electron chi connectivity index (χ0n) is 13.8. The Morgan fingerprint density at radius 3 is 2.65 bits per heavy atom.